The fourth-order valence-electron chi connectivity index (χ4n) is 3.39. The monoisotopic (exact) mass is 398 g/mol. The van der Waals surface area contributed by atoms with Crippen LogP contribution in [0.15, 0.2) is 42.1 Å². The van der Waals surface area contributed by atoms with E-state index >= 15 is 0 Å². The molecule has 0 aliphatic carbocycles. The van der Waals surface area contributed by atoms with Crippen LogP contribution in [0.4, 0.5) is 10.1 Å². The van der Waals surface area contributed by atoms with Crippen molar-refractivity contribution in [1.29, 1.82) is 0 Å². The number of anilines is 1. The van der Waals surface area contributed by atoms with Gasteiger partial charge in [0.2, 0.25) is 0 Å². The Morgan fingerprint density at radius 3 is 2.93 bits per heavy atom. The molecule has 144 valence electrons. The molecule has 0 radical (unpaired) electrons. The van der Waals surface area contributed by atoms with E-state index in [0.29, 0.717) is 17.9 Å². The highest BCUT2D eigenvalue weighted by atomic mass is 32.1. The molecule has 2 aliphatic heterocycles. The Hall–Kier alpha value is -2.93. The van der Waals surface area contributed by atoms with Gasteiger partial charge in [-0.2, -0.15) is 0 Å². The average Bonchev–Trinajstić information content (AvgIpc) is 3.14. The summed E-state index contributed by atoms with van der Waals surface area (Å²) in [6, 6.07) is 9.83. The molecule has 2 aromatic carbocycles. The van der Waals surface area contributed by atoms with E-state index < -0.39 is 11.7 Å². The molecule has 1 N–H and O–H groups in total. The highest BCUT2D eigenvalue weighted by Crippen LogP contribution is 2.36. The smallest absolute Gasteiger partial charge is 0.281 e. The van der Waals surface area contributed by atoms with Crippen molar-refractivity contribution in [3.05, 3.63) is 59.0 Å². The molecule has 0 aromatic heterocycles. The minimum absolute atomic E-state index is 0.0998. The fourth-order valence-corrected chi connectivity index (χ4v) is 3.68. The van der Waals surface area contributed by atoms with Crippen molar-refractivity contribution in [3.63, 3.8) is 0 Å². The number of thiocarbonyl (C=S) groups is 1. The van der Waals surface area contributed by atoms with Gasteiger partial charge in [-0.15, -0.1) is 0 Å². The number of nitrogens with zero attached hydrogens (tertiary/aromatic N) is 1. The van der Waals surface area contributed by atoms with Crippen LogP contribution < -0.4 is 19.7 Å². The Labute approximate surface area is 167 Å². The molecule has 0 bridgehead atoms. The lowest BCUT2D eigenvalue weighted by Crippen LogP contribution is -2.31. The zero-order valence-electron chi connectivity index (χ0n) is 15.5. The molecular weight excluding hydrogens is 379 g/mol. The molecule has 0 spiro atoms. The Morgan fingerprint density at radius 2 is 2.18 bits per heavy atom. The van der Waals surface area contributed by atoms with Gasteiger partial charge >= 0.3 is 0 Å². The Morgan fingerprint density at radius 1 is 1.39 bits per heavy atom. The number of rotatable bonds is 4. The first-order chi connectivity index (χ1) is 13.5. The third kappa shape index (κ3) is 3.22. The van der Waals surface area contributed by atoms with Gasteiger partial charge in [-0.05, 0) is 56.4 Å². The van der Waals surface area contributed by atoms with Crippen LogP contribution in [0.5, 0.6) is 11.5 Å². The second-order valence-electron chi connectivity index (χ2n) is 6.64. The van der Waals surface area contributed by atoms with Crippen LogP contribution >= 0.6 is 12.2 Å². The summed E-state index contributed by atoms with van der Waals surface area (Å²) in [4.78, 5) is 14.1. The minimum atomic E-state index is -0.517. The second-order valence-corrected chi connectivity index (χ2v) is 7.03. The van der Waals surface area contributed by atoms with E-state index in [1.165, 1.54) is 12.1 Å². The maximum Gasteiger partial charge on any atom is 0.281 e. The molecule has 1 atom stereocenters. The number of hydrogen-bond donors (Lipinski definition) is 1. The first-order valence-electron chi connectivity index (χ1n) is 9.06. The number of nitrogens with one attached hydrogen (secondary N) is 1. The van der Waals surface area contributed by atoms with E-state index in [-0.39, 0.29) is 22.6 Å². The number of benzene rings is 2. The number of para-hydroxylation sites is 1. The number of hydrogen-bond acceptors (Lipinski definition) is 4. The first kappa shape index (κ1) is 18.4. The molecule has 1 amide bonds. The zero-order valence-corrected chi connectivity index (χ0v) is 16.3. The molecule has 0 saturated carbocycles. The predicted octanol–water partition coefficient (Wildman–Crippen LogP) is 3.81. The number of ether oxygens (including phenoxy) is 2. The molecule has 1 unspecified atom stereocenters. The van der Waals surface area contributed by atoms with Crippen LogP contribution in [0.2, 0.25) is 0 Å². The van der Waals surface area contributed by atoms with Gasteiger partial charge in [0.1, 0.15) is 29.1 Å². The number of carbonyl (C=O) groups excluding carboxylic acids is 1. The Kier molecular flexibility index (Phi) is 4.77. The normalized spacial score (nSPS) is 19.6. The maximum atomic E-state index is 14.2. The van der Waals surface area contributed by atoms with E-state index in [2.05, 4.69) is 5.32 Å². The van der Waals surface area contributed by atoms with Crippen LogP contribution in [0, 0.1) is 5.82 Å². The molecule has 2 aromatic rings. The topological polar surface area (TPSA) is 50.8 Å². The molecule has 2 aliphatic rings. The van der Waals surface area contributed by atoms with Crippen molar-refractivity contribution in [1.82, 2.24) is 5.32 Å². The quantitative estimate of drug-likeness (QED) is 0.627. The minimum Gasteiger partial charge on any atom is -0.493 e. The van der Waals surface area contributed by atoms with Gasteiger partial charge in [0.25, 0.3) is 5.91 Å². The summed E-state index contributed by atoms with van der Waals surface area (Å²) >= 11 is 5.26. The molecule has 5 nitrogen and oxygen atoms in total. The summed E-state index contributed by atoms with van der Waals surface area (Å²) in [5.41, 5.74) is 2.14. The Bertz CT molecular complexity index is 1010. The van der Waals surface area contributed by atoms with Crippen LogP contribution in [-0.2, 0) is 11.2 Å². The number of halogens is 1. The molecule has 1 saturated heterocycles. The summed E-state index contributed by atoms with van der Waals surface area (Å²) in [6.07, 6.45) is 2.57. The van der Waals surface area contributed by atoms with Gasteiger partial charge in [0.05, 0.1) is 12.3 Å². The van der Waals surface area contributed by atoms with Crippen LogP contribution in [0.1, 0.15) is 25.0 Å². The number of carbonyl (C=O) groups is 1. The van der Waals surface area contributed by atoms with Crippen molar-refractivity contribution in [2.24, 2.45) is 0 Å². The van der Waals surface area contributed by atoms with E-state index in [1.54, 1.807) is 18.2 Å². The van der Waals surface area contributed by atoms with E-state index in [1.807, 2.05) is 26.0 Å². The largest absolute Gasteiger partial charge is 0.493 e. The van der Waals surface area contributed by atoms with Crippen LogP contribution in [0.25, 0.3) is 6.08 Å². The maximum absolute atomic E-state index is 14.2. The lowest BCUT2D eigenvalue weighted by Gasteiger charge is -2.14. The van der Waals surface area contributed by atoms with Gasteiger partial charge in [-0.25, -0.2) is 9.29 Å². The molecule has 7 heteroatoms. The lowest BCUT2D eigenvalue weighted by molar-refractivity contribution is -0.113. The highest BCUT2D eigenvalue weighted by Gasteiger charge is 2.34. The van der Waals surface area contributed by atoms with Gasteiger partial charge in [0.15, 0.2) is 5.11 Å². The first-order valence-corrected chi connectivity index (χ1v) is 9.46. The predicted molar refractivity (Wildman–Crippen MR) is 109 cm³/mol. The molecule has 1 fully saturated rings. The van der Waals surface area contributed by atoms with Crippen molar-refractivity contribution < 1.29 is 18.7 Å². The van der Waals surface area contributed by atoms with Gasteiger partial charge in [-0.1, -0.05) is 12.1 Å². The molecule has 28 heavy (non-hydrogen) atoms. The third-order valence-electron chi connectivity index (χ3n) is 4.60. The van der Waals surface area contributed by atoms with E-state index in [9.17, 15) is 9.18 Å². The van der Waals surface area contributed by atoms with Gasteiger partial charge in [0, 0.05) is 17.5 Å². The fraction of sp³-hybridized carbons (Fsp3) is 0.238. The summed E-state index contributed by atoms with van der Waals surface area (Å²) in [5.74, 6) is 0.501. The van der Waals surface area contributed by atoms with Gasteiger partial charge < -0.3 is 14.8 Å². The standard InChI is InChI=1S/C21H19FN2O3S/c1-3-26-18-10-13-8-12(2)27-19(13)11-14(18)9-16-20(25)24(21(28)23-16)17-7-5-4-6-15(17)22/h4-7,9-12H,3,8H2,1-2H3,(H,23,28)/b16-9-. The third-order valence-corrected chi connectivity index (χ3v) is 4.88. The zero-order chi connectivity index (χ0) is 19.8. The SMILES string of the molecule is CCOc1cc2c(cc1/C=C1\NC(=S)N(c3ccccc3F)C1=O)OC(C)C2. The summed E-state index contributed by atoms with van der Waals surface area (Å²) in [6.45, 7) is 4.40. The highest BCUT2D eigenvalue weighted by molar-refractivity contribution is 7.80. The average molecular weight is 398 g/mol. The number of fused-ring (bicyclic) bond motifs is 1. The lowest BCUT2D eigenvalue weighted by atomic mass is 10.1. The summed E-state index contributed by atoms with van der Waals surface area (Å²) in [5, 5.41) is 3.01. The van der Waals surface area contributed by atoms with Crippen molar-refractivity contribution in [3.8, 4) is 11.5 Å². The van der Waals surface area contributed by atoms with E-state index in [0.717, 1.165) is 22.6 Å². The number of amides is 1. The molecule has 2 heterocycles. The van der Waals surface area contributed by atoms with Crippen molar-refractivity contribution in [2.45, 2.75) is 26.4 Å². The van der Waals surface area contributed by atoms with E-state index in [4.69, 9.17) is 21.7 Å². The summed E-state index contributed by atoms with van der Waals surface area (Å²) < 4.78 is 25.7. The van der Waals surface area contributed by atoms with Crippen molar-refractivity contribution in [2.75, 3.05) is 11.5 Å². The Balaban J connectivity index is 1.72. The van der Waals surface area contributed by atoms with Crippen LogP contribution in [0.3, 0.4) is 0 Å². The molecular formula is C21H19FN2O3S. The van der Waals surface area contributed by atoms with Crippen molar-refractivity contribution >= 4 is 35.0 Å². The second kappa shape index (κ2) is 7.24. The van der Waals surface area contributed by atoms with Crippen LogP contribution in [-0.4, -0.2) is 23.7 Å². The molecule has 4 rings (SSSR count). The summed E-state index contributed by atoms with van der Waals surface area (Å²) in [7, 11) is 0. The van der Waals surface area contributed by atoms with Gasteiger partial charge in [-0.3, -0.25) is 4.79 Å².